The van der Waals surface area contributed by atoms with Crippen molar-refractivity contribution in [3.8, 4) is 0 Å². The quantitative estimate of drug-likeness (QED) is 0.587. The molecule has 1 N–H and O–H groups in total. The van der Waals surface area contributed by atoms with E-state index < -0.39 is 15.6 Å². The zero-order valence-electron chi connectivity index (χ0n) is 14.1. The van der Waals surface area contributed by atoms with Crippen LogP contribution < -0.4 is 10.3 Å². The van der Waals surface area contributed by atoms with Crippen molar-refractivity contribution in [2.45, 2.75) is 18.7 Å². The van der Waals surface area contributed by atoms with Crippen LogP contribution in [-0.4, -0.2) is 17.8 Å². The molecule has 4 rings (SSSR count). The summed E-state index contributed by atoms with van der Waals surface area (Å²) in [5.74, 6) is 0. The van der Waals surface area contributed by atoms with Gasteiger partial charge in [-0.2, -0.15) is 0 Å². The van der Waals surface area contributed by atoms with Gasteiger partial charge < -0.3 is 0 Å². The summed E-state index contributed by atoms with van der Waals surface area (Å²) in [7, 11) is -4.06. The molecule has 2 aromatic carbocycles. The van der Waals surface area contributed by atoms with Gasteiger partial charge in [0.2, 0.25) is 0 Å². The van der Waals surface area contributed by atoms with E-state index >= 15 is 0 Å². The Morgan fingerprint density at radius 1 is 1.08 bits per heavy atom. The summed E-state index contributed by atoms with van der Waals surface area (Å²) >= 11 is 1.36. The second-order valence-corrected chi connectivity index (χ2v) is 8.62. The third kappa shape index (κ3) is 2.67. The molecule has 0 fully saturated rings. The second kappa shape index (κ2) is 5.93. The van der Waals surface area contributed by atoms with Gasteiger partial charge in [0.25, 0.3) is 15.6 Å². The van der Waals surface area contributed by atoms with Gasteiger partial charge in [-0.1, -0.05) is 35.6 Å². The van der Waals surface area contributed by atoms with E-state index in [4.69, 9.17) is 0 Å². The van der Waals surface area contributed by atoms with Gasteiger partial charge in [0.1, 0.15) is 0 Å². The maximum atomic E-state index is 13.1. The van der Waals surface area contributed by atoms with Gasteiger partial charge in [-0.15, -0.1) is 0 Å². The Labute approximate surface area is 153 Å². The smallest absolute Gasteiger partial charge is 0.279 e. The van der Waals surface area contributed by atoms with Gasteiger partial charge in [-0.05, 0) is 43.7 Å². The largest absolute Gasteiger partial charge is 0.280 e. The van der Waals surface area contributed by atoms with Crippen LogP contribution in [0.5, 0.6) is 0 Å². The van der Waals surface area contributed by atoms with Crippen molar-refractivity contribution in [1.29, 1.82) is 0 Å². The van der Waals surface area contributed by atoms with Crippen LogP contribution in [0.15, 0.2) is 58.2 Å². The van der Waals surface area contributed by atoms with Gasteiger partial charge in [0.15, 0.2) is 9.86 Å². The molecule has 2 heterocycles. The molecule has 6 nitrogen and oxygen atoms in total. The normalized spacial score (nSPS) is 11.9. The number of benzene rings is 2. The first-order valence-electron chi connectivity index (χ1n) is 7.87. The molecule has 0 spiro atoms. The molecule has 0 unspecified atom stereocenters. The third-order valence-electron chi connectivity index (χ3n) is 4.03. The highest BCUT2D eigenvalue weighted by atomic mass is 32.2. The van der Waals surface area contributed by atoms with Gasteiger partial charge in [0.05, 0.1) is 15.9 Å². The minimum absolute atomic E-state index is 0.182. The number of hydrogen-bond donors (Lipinski definition) is 1. The molecule has 0 radical (unpaired) electrons. The summed E-state index contributed by atoms with van der Waals surface area (Å²) in [6, 6.07) is 14.1. The maximum absolute atomic E-state index is 13.1. The van der Waals surface area contributed by atoms with Crippen LogP contribution in [0.3, 0.4) is 0 Å². The molecule has 0 saturated heterocycles. The van der Waals surface area contributed by atoms with Crippen LogP contribution in [0.2, 0.25) is 0 Å². The molecule has 26 heavy (non-hydrogen) atoms. The molecule has 0 amide bonds. The third-order valence-corrected chi connectivity index (χ3v) is 6.55. The molecule has 4 aromatic rings. The Hall–Kier alpha value is -2.71. The molecule has 0 aliphatic heterocycles. The summed E-state index contributed by atoms with van der Waals surface area (Å²) < 4.78 is 30.4. The molecular formula is C18H15N3O3S2. The summed E-state index contributed by atoms with van der Waals surface area (Å²) in [4.78, 5) is 17.6. The Morgan fingerprint density at radius 2 is 1.81 bits per heavy atom. The lowest BCUT2D eigenvalue weighted by molar-refractivity contribution is 0.598. The first-order chi connectivity index (χ1) is 12.4. The number of sulfonamides is 1. The molecule has 0 atom stereocenters. The lowest BCUT2D eigenvalue weighted by Gasteiger charge is -2.09. The van der Waals surface area contributed by atoms with Gasteiger partial charge in [-0.25, -0.2) is 17.8 Å². The maximum Gasteiger partial charge on any atom is 0.280 e. The molecule has 8 heteroatoms. The summed E-state index contributed by atoms with van der Waals surface area (Å²) in [6.07, 6.45) is 0. The molecule has 0 aliphatic rings. The lowest BCUT2D eigenvalue weighted by atomic mass is 10.2. The zero-order chi connectivity index (χ0) is 18.5. The van der Waals surface area contributed by atoms with Gasteiger partial charge >= 0.3 is 0 Å². The average Bonchev–Trinajstić information content (AvgIpc) is 2.92. The van der Waals surface area contributed by atoms with Gasteiger partial charge in [0, 0.05) is 5.69 Å². The number of aromatic nitrogens is 2. The first-order valence-corrected chi connectivity index (χ1v) is 10.2. The topological polar surface area (TPSA) is 80.5 Å². The van der Waals surface area contributed by atoms with Crippen LogP contribution in [0.4, 0.5) is 5.69 Å². The van der Waals surface area contributed by atoms with E-state index in [0.717, 1.165) is 10.3 Å². The summed E-state index contributed by atoms with van der Waals surface area (Å²) in [5.41, 5.74) is 1.70. The Balaban J connectivity index is 1.98. The minimum Gasteiger partial charge on any atom is -0.279 e. The lowest BCUT2D eigenvalue weighted by Crippen LogP contribution is -2.27. The van der Waals surface area contributed by atoms with E-state index in [1.54, 1.807) is 30.3 Å². The monoisotopic (exact) mass is 385 g/mol. The highest BCUT2D eigenvalue weighted by molar-refractivity contribution is 7.92. The predicted octanol–water partition coefficient (Wildman–Crippen LogP) is 3.33. The standard InChI is InChI=1S/C18H15N3O3S2/c1-11-8-9-14-15(10-11)25-18-19-12(2)16(17(22)21(14)18)26(23,24)20-13-6-4-3-5-7-13/h3-10,20H,1-2H3. The number of nitrogens with one attached hydrogen (secondary N) is 1. The number of thiazole rings is 1. The predicted molar refractivity (Wildman–Crippen MR) is 104 cm³/mol. The van der Waals surface area contributed by atoms with E-state index in [0.29, 0.717) is 16.2 Å². The Morgan fingerprint density at radius 3 is 2.54 bits per heavy atom. The number of anilines is 1. The SMILES string of the molecule is Cc1ccc2c(c1)sc1nc(C)c(S(=O)(=O)Nc3ccccc3)c(=O)n12. The number of aryl methyl sites for hydroxylation is 2. The number of nitrogens with zero attached hydrogens (tertiary/aromatic N) is 2. The van der Waals surface area contributed by atoms with Crippen LogP contribution in [0.25, 0.3) is 15.2 Å². The van der Waals surface area contributed by atoms with E-state index in [1.165, 1.54) is 22.7 Å². The van der Waals surface area contributed by atoms with E-state index in [2.05, 4.69) is 9.71 Å². The van der Waals surface area contributed by atoms with Crippen molar-refractivity contribution in [1.82, 2.24) is 9.38 Å². The molecule has 2 aromatic heterocycles. The highest BCUT2D eigenvalue weighted by Gasteiger charge is 2.25. The number of fused-ring (bicyclic) bond motifs is 3. The molecule has 132 valence electrons. The fourth-order valence-corrected chi connectivity index (χ4v) is 5.34. The van der Waals surface area contributed by atoms with E-state index in [1.807, 2.05) is 25.1 Å². The van der Waals surface area contributed by atoms with Crippen molar-refractivity contribution < 1.29 is 8.42 Å². The van der Waals surface area contributed by atoms with E-state index in [-0.39, 0.29) is 10.6 Å². The van der Waals surface area contributed by atoms with Crippen LogP contribution in [0.1, 0.15) is 11.3 Å². The van der Waals surface area contributed by atoms with Crippen LogP contribution in [-0.2, 0) is 10.0 Å². The fourth-order valence-electron chi connectivity index (χ4n) is 2.88. The second-order valence-electron chi connectivity index (χ2n) is 5.99. The van der Waals surface area contributed by atoms with Gasteiger partial charge in [-0.3, -0.25) is 9.52 Å². The zero-order valence-corrected chi connectivity index (χ0v) is 15.7. The number of hydrogen-bond acceptors (Lipinski definition) is 5. The van der Waals surface area contributed by atoms with E-state index in [9.17, 15) is 13.2 Å². The van der Waals surface area contributed by atoms with Crippen molar-refractivity contribution in [2.24, 2.45) is 0 Å². The number of para-hydroxylation sites is 1. The Bertz CT molecular complexity index is 1310. The summed E-state index contributed by atoms with van der Waals surface area (Å²) in [6.45, 7) is 3.50. The van der Waals surface area contributed by atoms with Crippen LogP contribution in [0, 0.1) is 13.8 Å². The van der Waals surface area contributed by atoms with Crippen LogP contribution >= 0.6 is 11.3 Å². The minimum atomic E-state index is -4.06. The summed E-state index contributed by atoms with van der Waals surface area (Å²) in [5, 5.41) is 0. The molecule has 0 aliphatic carbocycles. The highest BCUT2D eigenvalue weighted by Crippen LogP contribution is 2.26. The molecule has 0 saturated carbocycles. The number of rotatable bonds is 3. The van der Waals surface area contributed by atoms with Crippen molar-refractivity contribution >= 4 is 42.2 Å². The van der Waals surface area contributed by atoms with Crippen molar-refractivity contribution in [3.63, 3.8) is 0 Å². The molecular weight excluding hydrogens is 370 g/mol. The Kier molecular flexibility index (Phi) is 3.82. The fraction of sp³-hybridized carbons (Fsp3) is 0.111. The first kappa shape index (κ1) is 16.7. The van der Waals surface area contributed by atoms with Crippen molar-refractivity contribution in [2.75, 3.05) is 4.72 Å². The molecule has 0 bridgehead atoms. The average molecular weight is 385 g/mol. The van der Waals surface area contributed by atoms with Crippen molar-refractivity contribution in [3.05, 3.63) is 70.1 Å².